The smallest absolute Gasteiger partial charge is 0.219 e. The van der Waals surface area contributed by atoms with Gasteiger partial charge in [-0.2, -0.15) is 0 Å². The SMILES string of the molecule is CCC(=O)NCC1CN(CC#CC(C)C)CCO1. The van der Waals surface area contributed by atoms with Gasteiger partial charge in [-0.1, -0.05) is 32.6 Å². The average molecular weight is 252 g/mol. The first-order valence-corrected chi connectivity index (χ1v) is 6.70. The molecule has 102 valence electrons. The number of nitrogens with zero attached hydrogens (tertiary/aromatic N) is 1. The Bertz CT molecular complexity index is 317. The number of amides is 1. The molecule has 18 heavy (non-hydrogen) atoms. The predicted octanol–water partition coefficient (Wildman–Crippen LogP) is 0.873. The molecule has 1 aliphatic rings. The number of ether oxygens (including phenoxy) is 1. The largest absolute Gasteiger partial charge is 0.374 e. The van der Waals surface area contributed by atoms with Crippen molar-refractivity contribution in [3.63, 3.8) is 0 Å². The van der Waals surface area contributed by atoms with Gasteiger partial charge in [0.2, 0.25) is 5.91 Å². The topological polar surface area (TPSA) is 41.6 Å². The Labute approximate surface area is 110 Å². The summed E-state index contributed by atoms with van der Waals surface area (Å²) < 4.78 is 5.63. The fraction of sp³-hybridized carbons (Fsp3) is 0.786. The van der Waals surface area contributed by atoms with Crippen LogP contribution in [-0.2, 0) is 9.53 Å². The average Bonchev–Trinajstić information content (AvgIpc) is 2.36. The van der Waals surface area contributed by atoms with E-state index in [2.05, 4.69) is 35.9 Å². The summed E-state index contributed by atoms with van der Waals surface area (Å²) in [6.07, 6.45) is 0.617. The molecule has 0 radical (unpaired) electrons. The van der Waals surface area contributed by atoms with E-state index in [0.717, 1.165) is 26.2 Å². The fourth-order valence-corrected chi connectivity index (χ4v) is 1.76. The van der Waals surface area contributed by atoms with E-state index >= 15 is 0 Å². The molecular weight excluding hydrogens is 228 g/mol. The van der Waals surface area contributed by atoms with Crippen LogP contribution in [-0.4, -0.2) is 49.7 Å². The molecule has 0 saturated carbocycles. The van der Waals surface area contributed by atoms with Gasteiger partial charge >= 0.3 is 0 Å². The molecule has 0 aromatic rings. The number of rotatable bonds is 4. The summed E-state index contributed by atoms with van der Waals surface area (Å²) >= 11 is 0. The first kappa shape index (κ1) is 15.0. The normalized spacial score (nSPS) is 20.3. The molecule has 1 saturated heterocycles. The molecule has 0 aromatic heterocycles. The first-order valence-electron chi connectivity index (χ1n) is 6.70. The summed E-state index contributed by atoms with van der Waals surface area (Å²) in [5.41, 5.74) is 0. The van der Waals surface area contributed by atoms with Crippen molar-refractivity contribution in [3.8, 4) is 11.8 Å². The maximum Gasteiger partial charge on any atom is 0.219 e. The third kappa shape index (κ3) is 6.04. The Balaban J connectivity index is 2.28. The lowest BCUT2D eigenvalue weighted by atomic mass is 10.2. The minimum absolute atomic E-state index is 0.0790. The maximum absolute atomic E-state index is 11.2. The molecule has 1 heterocycles. The number of carbonyl (C=O) groups is 1. The quantitative estimate of drug-likeness (QED) is 0.755. The van der Waals surface area contributed by atoms with E-state index in [9.17, 15) is 4.79 Å². The van der Waals surface area contributed by atoms with E-state index in [1.54, 1.807) is 0 Å². The third-order valence-corrected chi connectivity index (χ3v) is 2.76. The van der Waals surface area contributed by atoms with Crippen molar-refractivity contribution in [1.29, 1.82) is 0 Å². The van der Waals surface area contributed by atoms with E-state index in [1.165, 1.54) is 0 Å². The van der Waals surface area contributed by atoms with Gasteiger partial charge < -0.3 is 10.1 Å². The van der Waals surface area contributed by atoms with Crippen LogP contribution in [0, 0.1) is 17.8 Å². The van der Waals surface area contributed by atoms with Crippen LogP contribution in [0.5, 0.6) is 0 Å². The van der Waals surface area contributed by atoms with Crippen molar-refractivity contribution >= 4 is 5.91 Å². The highest BCUT2D eigenvalue weighted by Crippen LogP contribution is 2.03. The van der Waals surface area contributed by atoms with Crippen molar-refractivity contribution in [2.75, 3.05) is 32.8 Å². The lowest BCUT2D eigenvalue weighted by Gasteiger charge is -2.31. The molecule has 1 aliphatic heterocycles. The van der Waals surface area contributed by atoms with Crippen LogP contribution in [0.3, 0.4) is 0 Å². The summed E-state index contributed by atoms with van der Waals surface area (Å²) in [5, 5.41) is 2.87. The summed E-state index contributed by atoms with van der Waals surface area (Å²) in [7, 11) is 0. The third-order valence-electron chi connectivity index (χ3n) is 2.76. The number of nitrogens with one attached hydrogen (secondary N) is 1. The zero-order valence-corrected chi connectivity index (χ0v) is 11.7. The van der Waals surface area contributed by atoms with E-state index in [0.29, 0.717) is 18.9 Å². The van der Waals surface area contributed by atoms with Crippen molar-refractivity contribution in [2.24, 2.45) is 5.92 Å². The lowest BCUT2D eigenvalue weighted by molar-refractivity contribution is -0.121. The van der Waals surface area contributed by atoms with Crippen LogP contribution < -0.4 is 5.32 Å². The molecule has 4 nitrogen and oxygen atoms in total. The molecule has 1 amide bonds. The van der Waals surface area contributed by atoms with Crippen molar-refractivity contribution in [1.82, 2.24) is 10.2 Å². The molecule has 4 heteroatoms. The maximum atomic E-state index is 11.2. The molecule has 0 bridgehead atoms. The Kier molecular flexibility index (Phi) is 6.77. The molecule has 0 spiro atoms. The highest BCUT2D eigenvalue weighted by molar-refractivity contribution is 5.75. The molecule has 1 rings (SSSR count). The zero-order valence-electron chi connectivity index (χ0n) is 11.7. The monoisotopic (exact) mass is 252 g/mol. The highest BCUT2D eigenvalue weighted by Gasteiger charge is 2.19. The second kappa shape index (κ2) is 8.12. The van der Waals surface area contributed by atoms with Gasteiger partial charge in [-0.3, -0.25) is 9.69 Å². The van der Waals surface area contributed by atoms with E-state index in [-0.39, 0.29) is 12.0 Å². The molecule has 1 atom stereocenters. The number of morpholine rings is 1. The molecule has 1 unspecified atom stereocenters. The molecular formula is C14H24N2O2. The minimum Gasteiger partial charge on any atom is -0.374 e. The molecule has 1 N–H and O–H groups in total. The second-order valence-electron chi connectivity index (χ2n) is 4.86. The zero-order chi connectivity index (χ0) is 13.4. The Morgan fingerprint density at radius 2 is 2.33 bits per heavy atom. The van der Waals surface area contributed by atoms with E-state index < -0.39 is 0 Å². The lowest BCUT2D eigenvalue weighted by Crippen LogP contribution is -2.47. The van der Waals surface area contributed by atoms with Gasteiger partial charge in [0.15, 0.2) is 0 Å². The first-order chi connectivity index (χ1) is 8.61. The van der Waals surface area contributed by atoms with E-state index in [1.807, 2.05) is 6.92 Å². The van der Waals surface area contributed by atoms with Crippen LogP contribution in [0.4, 0.5) is 0 Å². The van der Waals surface area contributed by atoms with Crippen LogP contribution in [0.25, 0.3) is 0 Å². The Morgan fingerprint density at radius 1 is 1.56 bits per heavy atom. The molecule has 0 aliphatic carbocycles. The highest BCUT2D eigenvalue weighted by atomic mass is 16.5. The van der Waals surface area contributed by atoms with Gasteiger partial charge in [-0.25, -0.2) is 0 Å². The standard InChI is InChI=1S/C14H24N2O2/c1-4-14(17)15-10-13-11-16(8-9-18-13)7-5-6-12(2)3/h12-13H,4,7-11H2,1-3H3,(H,15,17). The summed E-state index contributed by atoms with van der Waals surface area (Å²) in [4.78, 5) is 13.5. The molecule has 1 fully saturated rings. The van der Waals surface area contributed by atoms with Crippen molar-refractivity contribution in [2.45, 2.75) is 33.3 Å². The van der Waals surface area contributed by atoms with Gasteiger partial charge in [0, 0.05) is 32.0 Å². The Morgan fingerprint density at radius 3 is 3.00 bits per heavy atom. The van der Waals surface area contributed by atoms with Crippen molar-refractivity contribution in [3.05, 3.63) is 0 Å². The van der Waals surface area contributed by atoms with Gasteiger partial charge in [-0.15, -0.1) is 0 Å². The van der Waals surface area contributed by atoms with Crippen LogP contribution >= 0.6 is 0 Å². The number of hydrogen-bond donors (Lipinski definition) is 1. The Hall–Kier alpha value is -1.05. The number of carbonyl (C=O) groups excluding carboxylic acids is 1. The van der Waals surface area contributed by atoms with Gasteiger partial charge in [0.25, 0.3) is 0 Å². The van der Waals surface area contributed by atoms with Crippen LogP contribution in [0.15, 0.2) is 0 Å². The fourth-order valence-electron chi connectivity index (χ4n) is 1.76. The van der Waals surface area contributed by atoms with Gasteiger partial charge in [0.05, 0.1) is 19.3 Å². The molecule has 0 aromatic carbocycles. The summed E-state index contributed by atoms with van der Waals surface area (Å²) in [5.74, 6) is 6.85. The van der Waals surface area contributed by atoms with E-state index in [4.69, 9.17) is 4.74 Å². The summed E-state index contributed by atoms with van der Waals surface area (Å²) in [6, 6.07) is 0. The van der Waals surface area contributed by atoms with Crippen LogP contribution in [0.1, 0.15) is 27.2 Å². The van der Waals surface area contributed by atoms with Crippen molar-refractivity contribution < 1.29 is 9.53 Å². The summed E-state index contributed by atoms with van der Waals surface area (Å²) in [6.45, 7) is 9.91. The minimum atomic E-state index is 0.0790. The van der Waals surface area contributed by atoms with Gasteiger partial charge in [0.1, 0.15) is 0 Å². The second-order valence-corrected chi connectivity index (χ2v) is 4.86. The van der Waals surface area contributed by atoms with Crippen LogP contribution in [0.2, 0.25) is 0 Å². The number of hydrogen-bond acceptors (Lipinski definition) is 3. The van der Waals surface area contributed by atoms with Gasteiger partial charge in [-0.05, 0) is 0 Å². The predicted molar refractivity (Wildman–Crippen MR) is 72.1 cm³/mol.